The fourth-order valence-corrected chi connectivity index (χ4v) is 5.19. The predicted molar refractivity (Wildman–Crippen MR) is 96.1 cm³/mol. The first-order chi connectivity index (χ1) is 12.0. The van der Waals surface area contributed by atoms with Crippen LogP contribution < -0.4 is 15.4 Å². The first kappa shape index (κ1) is 17.2. The van der Waals surface area contributed by atoms with E-state index in [4.69, 9.17) is 4.74 Å². The summed E-state index contributed by atoms with van der Waals surface area (Å²) in [7, 11) is -0.865. The van der Waals surface area contributed by atoms with E-state index in [1.54, 1.807) is 30.5 Å². The molecule has 2 N–H and O–H groups in total. The molecule has 0 aliphatic carbocycles. The number of sulfone groups is 1. The summed E-state index contributed by atoms with van der Waals surface area (Å²) in [6.07, 6.45) is 1.58. The van der Waals surface area contributed by atoms with Crippen LogP contribution in [0.5, 0.6) is 5.75 Å². The second-order valence-corrected chi connectivity index (χ2v) is 8.15. The zero-order valence-electron chi connectivity index (χ0n) is 13.4. The number of ether oxygens (including phenoxy) is 1. The normalized spacial score (nSPS) is 11.3. The van der Waals surface area contributed by atoms with Gasteiger partial charge in [-0.3, -0.25) is 0 Å². The maximum absolute atomic E-state index is 13.1. The number of carbonyl (C=O) groups excluding carboxylic acids is 1. The average molecular weight is 377 g/mol. The van der Waals surface area contributed by atoms with Crippen molar-refractivity contribution in [2.45, 2.75) is 9.10 Å². The third-order valence-electron chi connectivity index (χ3n) is 3.51. The second kappa shape index (κ2) is 6.69. The number of anilines is 1. The van der Waals surface area contributed by atoms with Crippen molar-refractivity contribution < 1.29 is 17.9 Å². The summed E-state index contributed by atoms with van der Waals surface area (Å²) in [5.41, 5.74) is 0.225. The Bertz CT molecular complexity index is 1030. The van der Waals surface area contributed by atoms with Gasteiger partial charge in [0.15, 0.2) is 4.21 Å². The summed E-state index contributed by atoms with van der Waals surface area (Å²) in [5.74, 6) is 0.556. The van der Waals surface area contributed by atoms with E-state index in [1.165, 1.54) is 26.3 Å². The summed E-state index contributed by atoms with van der Waals surface area (Å²) in [6, 6.07) is 8.99. The number of methoxy groups -OCH3 is 1. The number of urea groups is 1. The molecular formula is C16H15N3O4S2. The minimum Gasteiger partial charge on any atom is -0.497 e. The Morgan fingerprint density at radius 3 is 2.56 bits per heavy atom. The smallest absolute Gasteiger partial charge is 0.319 e. The highest BCUT2D eigenvalue weighted by molar-refractivity contribution is 7.93. The van der Waals surface area contributed by atoms with Crippen molar-refractivity contribution in [1.82, 2.24) is 10.3 Å². The number of hydrogen-bond donors (Lipinski definition) is 2. The Labute approximate surface area is 148 Å². The molecule has 0 saturated heterocycles. The summed E-state index contributed by atoms with van der Waals surface area (Å²) in [6.45, 7) is 0. The highest BCUT2D eigenvalue weighted by Gasteiger charge is 2.27. The van der Waals surface area contributed by atoms with Crippen molar-refractivity contribution in [2.75, 3.05) is 19.5 Å². The molecule has 0 saturated carbocycles. The number of nitrogens with one attached hydrogen (secondary N) is 2. The van der Waals surface area contributed by atoms with Gasteiger partial charge < -0.3 is 15.4 Å². The Morgan fingerprint density at radius 1 is 1.20 bits per heavy atom. The lowest BCUT2D eigenvalue weighted by molar-refractivity contribution is 0.254. The quantitative estimate of drug-likeness (QED) is 0.729. The van der Waals surface area contributed by atoms with E-state index in [9.17, 15) is 13.2 Å². The van der Waals surface area contributed by atoms with Gasteiger partial charge in [0, 0.05) is 18.6 Å². The Hall–Kier alpha value is -2.65. The lowest BCUT2D eigenvalue weighted by Gasteiger charge is -2.08. The number of fused-ring (bicyclic) bond motifs is 1. The number of thiophene rings is 1. The van der Waals surface area contributed by atoms with Crippen LogP contribution in [-0.2, 0) is 9.84 Å². The molecule has 0 bridgehead atoms. The Kier molecular flexibility index (Phi) is 4.60. The summed E-state index contributed by atoms with van der Waals surface area (Å²) in [5, 5.41) is 5.59. The molecule has 0 unspecified atom stereocenters. The number of carbonyl (C=O) groups is 1. The monoisotopic (exact) mass is 377 g/mol. The van der Waals surface area contributed by atoms with E-state index in [0.29, 0.717) is 16.0 Å². The lowest BCUT2D eigenvalue weighted by atomic mass is 10.3. The number of nitrogens with zero attached hydrogens (tertiary/aromatic N) is 1. The molecule has 0 aliphatic rings. The van der Waals surface area contributed by atoms with E-state index < -0.39 is 15.9 Å². The van der Waals surface area contributed by atoms with Gasteiger partial charge in [-0.05, 0) is 36.4 Å². The van der Waals surface area contributed by atoms with Gasteiger partial charge in [0.1, 0.15) is 10.6 Å². The fourth-order valence-electron chi connectivity index (χ4n) is 2.26. The predicted octanol–water partition coefficient (Wildman–Crippen LogP) is 2.89. The zero-order valence-corrected chi connectivity index (χ0v) is 15.1. The van der Waals surface area contributed by atoms with Crippen LogP contribution in [0.1, 0.15) is 0 Å². The third-order valence-corrected chi connectivity index (χ3v) is 6.91. The molecule has 0 aliphatic heterocycles. The van der Waals surface area contributed by atoms with Crippen molar-refractivity contribution in [3.8, 4) is 5.75 Å². The molecule has 0 atom stereocenters. The van der Waals surface area contributed by atoms with Crippen molar-refractivity contribution in [3.63, 3.8) is 0 Å². The van der Waals surface area contributed by atoms with Crippen LogP contribution >= 0.6 is 11.3 Å². The van der Waals surface area contributed by atoms with Crippen LogP contribution in [0, 0.1) is 0 Å². The highest BCUT2D eigenvalue weighted by atomic mass is 32.2. The maximum atomic E-state index is 13.1. The minimum absolute atomic E-state index is 0.0370. The van der Waals surface area contributed by atoms with Gasteiger partial charge in [0.05, 0.1) is 17.7 Å². The molecular weight excluding hydrogens is 362 g/mol. The molecule has 1 aromatic carbocycles. The van der Waals surface area contributed by atoms with E-state index in [2.05, 4.69) is 15.6 Å². The maximum Gasteiger partial charge on any atom is 0.319 e. The van der Waals surface area contributed by atoms with E-state index in [0.717, 1.165) is 11.3 Å². The summed E-state index contributed by atoms with van der Waals surface area (Å²) in [4.78, 5) is 16.6. The number of benzene rings is 1. The lowest BCUT2D eigenvalue weighted by Crippen LogP contribution is -2.25. The molecule has 9 heteroatoms. The van der Waals surface area contributed by atoms with E-state index in [-0.39, 0.29) is 14.8 Å². The standard InChI is InChI=1S/C16H15N3O4S2/c1-17-16(20)19-13-12-4-3-9-18-14(12)24-15(13)25(21,22)11-7-5-10(23-2)6-8-11/h3-9H,1-2H3,(H2,17,19,20). The van der Waals surface area contributed by atoms with Gasteiger partial charge in [-0.2, -0.15) is 0 Å². The van der Waals surface area contributed by atoms with Crippen LogP contribution in [0.2, 0.25) is 0 Å². The van der Waals surface area contributed by atoms with Gasteiger partial charge in [0.25, 0.3) is 0 Å². The first-order valence-corrected chi connectivity index (χ1v) is 9.52. The largest absolute Gasteiger partial charge is 0.497 e. The molecule has 3 rings (SSSR count). The van der Waals surface area contributed by atoms with Crippen molar-refractivity contribution >= 4 is 43.1 Å². The number of rotatable bonds is 4. The first-order valence-electron chi connectivity index (χ1n) is 7.22. The minimum atomic E-state index is -3.83. The Morgan fingerprint density at radius 2 is 1.92 bits per heavy atom. The third kappa shape index (κ3) is 3.15. The summed E-state index contributed by atoms with van der Waals surface area (Å²) < 4.78 is 31.2. The molecule has 2 heterocycles. The number of amides is 2. The molecule has 7 nitrogen and oxygen atoms in total. The Balaban J connectivity index is 2.18. The van der Waals surface area contributed by atoms with E-state index >= 15 is 0 Å². The molecule has 0 radical (unpaired) electrons. The summed E-state index contributed by atoms with van der Waals surface area (Å²) >= 11 is 1.02. The van der Waals surface area contributed by atoms with Crippen LogP contribution in [0.25, 0.3) is 10.2 Å². The highest BCUT2D eigenvalue weighted by Crippen LogP contribution is 2.40. The SMILES string of the molecule is CNC(=O)Nc1c(S(=O)(=O)c2ccc(OC)cc2)sc2ncccc12. The van der Waals surface area contributed by atoms with Crippen LogP contribution in [0.15, 0.2) is 51.7 Å². The van der Waals surface area contributed by atoms with Gasteiger partial charge >= 0.3 is 6.03 Å². The van der Waals surface area contributed by atoms with Crippen molar-refractivity contribution in [3.05, 3.63) is 42.6 Å². The molecule has 130 valence electrons. The van der Waals surface area contributed by atoms with E-state index in [1.807, 2.05) is 0 Å². The van der Waals surface area contributed by atoms with Gasteiger partial charge in [-0.1, -0.05) is 0 Å². The van der Waals surface area contributed by atoms with Crippen molar-refractivity contribution in [2.24, 2.45) is 0 Å². The number of hydrogen-bond acceptors (Lipinski definition) is 6. The molecule has 0 fully saturated rings. The fraction of sp³-hybridized carbons (Fsp3) is 0.125. The number of aromatic nitrogens is 1. The molecule has 2 aromatic heterocycles. The van der Waals surface area contributed by atoms with Crippen molar-refractivity contribution in [1.29, 1.82) is 0 Å². The van der Waals surface area contributed by atoms with Gasteiger partial charge in [-0.15, -0.1) is 11.3 Å². The van der Waals surface area contributed by atoms with Crippen LogP contribution in [0.3, 0.4) is 0 Å². The van der Waals surface area contributed by atoms with Gasteiger partial charge in [0.2, 0.25) is 9.84 Å². The van der Waals surface area contributed by atoms with Crippen LogP contribution in [-0.4, -0.2) is 33.6 Å². The molecule has 25 heavy (non-hydrogen) atoms. The van der Waals surface area contributed by atoms with Crippen LogP contribution in [0.4, 0.5) is 10.5 Å². The average Bonchev–Trinajstić information content (AvgIpc) is 3.01. The molecule has 0 spiro atoms. The number of pyridine rings is 1. The van der Waals surface area contributed by atoms with Gasteiger partial charge in [-0.25, -0.2) is 18.2 Å². The second-order valence-electron chi connectivity index (χ2n) is 5.00. The topological polar surface area (TPSA) is 97.4 Å². The molecule has 3 aromatic rings. The molecule has 2 amide bonds. The zero-order chi connectivity index (χ0) is 18.0.